The lowest BCUT2D eigenvalue weighted by Gasteiger charge is -2.30. The molecule has 1 aliphatic heterocycles. The van der Waals surface area contributed by atoms with Crippen LogP contribution in [0.3, 0.4) is 0 Å². The highest BCUT2D eigenvalue weighted by Gasteiger charge is 2.36. The molecule has 2 unspecified atom stereocenters. The molecular weight excluding hydrogens is 234 g/mol. The van der Waals surface area contributed by atoms with Gasteiger partial charge in [0.25, 0.3) is 0 Å². The molecule has 0 spiro atoms. The second kappa shape index (κ2) is 6.18. The summed E-state index contributed by atoms with van der Waals surface area (Å²) in [5.41, 5.74) is 0. The Morgan fingerprint density at radius 1 is 1.00 bits per heavy atom. The van der Waals surface area contributed by atoms with Crippen molar-refractivity contribution < 1.29 is 19.4 Å². The van der Waals surface area contributed by atoms with Crippen LogP contribution in [-0.2, 0) is 14.3 Å². The summed E-state index contributed by atoms with van der Waals surface area (Å²) in [6, 6.07) is 0.155. The molecule has 2 atom stereocenters. The first-order valence-electron chi connectivity index (χ1n) is 6.79. The van der Waals surface area contributed by atoms with E-state index in [1.54, 1.807) is 0 Å². The van der Waals surface area contributed by atoms with E-state index < -0.39 is 11.9 Å². The van der Waals surface area contributed by atoms with Crippen LogP contribution in [0.4, 0.5) is 0 Å². The average Bonchev–Trinajstić information content (AvgIpc) is 2.40. The predicted molar refractivity (Wildman–Crippen MR) is 65.1 cm³/mol. The third-order valence-electron chi connectivity index (χ3n) is 3.99. The second-order valence-corrected chi connectivity index (χ2v) is 5.23. The van der Waals surface area contributed by atoms with Crippen molar-refractivity contribution in [3.63, 3.8) is 0 Å². The Bertz CT molecular complexity index is 312. The molecule has 1 saturated heterocycles. The van der Waals surface area contributed by atoms with Crippen LogP contribution in [0.15, 0.2) is 0 Å². The van der Waals surface area contributed by atoms with Crippen LogP contribution in [0.1, 0.15) is 38.5 Å². The molecule has 1 heterocycles. The Hall–Kier alpha value is -1.10. The zero-order chi connectivity index (χ0) is 13.0. The zero-order valence-electron chi connectivity index (χ0n) is 10.6. The number of carboxylic acid groups (broad SMARTS) is 1. The summed E-state index contributed by atoms with van der Waals surface area (Å²) < 4.78 is 5.24. The van der Waals surface area contributed by atoms with Gasteiger partial charge in [-0.1, -0.05) is 12.8 Å². The number of amides is 1. The third kappa shape index (κ3) is 3.22. The summed E-state index contributed by atoms with van der Waals surface area (Å²) in [7, 11) is 0. The number of nitrogens with one attached hydrogen (secondary N) is 1. The van der Waals surface area contributed by atoms with Crippen LogP contribution in [0.5, 0.6) is 0 Å². The fourth-order valence-corrected chi connectivity index (χ4v) is 2.89. The summed E-state index contributed by atoms with van der Waals surface area (Å²) in [4.78, 5) is 23.3. The molecular formula is C13H21NO4. The van der Waals surface area contributed by atoms with Gasteiger partial charge in [-0.15, -0.1) is 0 Å². The lowest BCUT2D eigenvalue weighted by molar-refractivity contribution is -0.149. The highest BCUT2D eigenvalue weighted by Crippen LogP contribution is 2.30. The molecule has 1 saturated carbocycles. The summed E-state index contributed by atoms with van der Waals surface area (Å²) in [6.45, 7) is 1.36. The highest BCUT2D eigenvalue weighted by molar-refractivity contribution is 5.85. The first kappa shape index (κ1) is 13.3. The summed E-state index contributed by atoms with van der Waals surface area (Å²) in [5, 5.41) is 12.2. The number of rotatable bonds is 3. The second-order valence-electron chi connectivity index (χ2n) is 5.23. The smallest absolute Gasteiger partial charge is 0.307 e. The van der Waals surface area contributed by atoms with Crippen molar-refractivity contribution >= 4 is 11.9 Å². The number of ether oxygens (including phenoxy) is 1. The maximum atomic E-state index is 12.2. The minimum atomic E-state index is -0.832. The van der Waals surface area contributed by atoms with Gasteiger partial charge in [-0.3, -0.25) is 9.59 Å². The molecule has 5 heteroatoms. The molecule has 5 nitrogen and oxygen atoms in total. The van der Waals surface area contributed by atoms with Crippen LogP contribution < -0.4 is 5.32 Å². The maximum Gasteiger partial charge on any atom is 0.307 e. The van der Waals surface area contributed by atoms with Gasteiger partial charge in [0.1, 0.15) is 0 Å². The first-order valence-corrected chi connectivity index (χ1v) is 6.79. The SMILES string of the molecule is O=C(O)C1CCCCC1C(=O)NC1CCOCC1. The van der Waals surface area contributed by atoms with E-state index >= 15 is 0 Å². The van der Waals surface area contributed by atoms with E-state index in [2.05, 4.69) is 5.32 Å². The molecule has 102 valence electrons. The molecule has 18 heavy (non-hydrogen) atoms. The molecule has 2 aliphatic rings. The van der Waals surface area contributed by atoms with E-state index in [0.717, 1.165) is 25.7 Å². The lowest BCUT2D eigenvalue weighted by atomic mass is 9.78. The van der Waals surface area contributed by atoms with Gasteiger partial charge in [-0.25, -0.2) is 0 Å². The van der Waals surface area contributed by atoms with Crippen molar-refractivity contribution in [3.05, 3.63) is 0 Å². The molecule has 0 radical (unpaired) electrons. The van der Waals surface area contributed by atoms with Crippen molar-refractivity contribution in [2.24, 2.45) is 11.8 Å². The minimum Gasteiger partial charge on any atom is -0.481 e. The Morgan fingerprint density at radius 3 is 2.22 bits per heavy atom. The molecule has 2 N–H and O–H groups in total. The van der Waals surface area contributed by atoms with E-state index in [1.165, 1.54) is 0 Å². The summed E-state index contributed by atoms with van der Waals surface area (Å²) >= 11 is 0. The third-order valence-corrected chi connectivity index (χ3v) is 3.99. The van der Waals surface area contributed by atoms with Crippen molar-refractivity contribution in [1.82, 2.24) is 5.32 Å². The summed E-state index contributed by atoms with van der Waals surface area (Å²) in [6.07, 6.45) is 4.85. The molecule has 2 fully saturated rings. The van der Waals surface area contributed by atoms with Crippen molar-refractivity contribution in [3.8, 4) is 0 Å². The van der Waals surface area contributed by atoms with Gasteiger partial charge in [0.05, 0.1) is 11.8 Å². The topological polar surface area (TPSA) is 75.6 Å². The van der Waals surface area contributed by atoms with E-state index in [4.69, 9.17) is 9.84 Å². The number of carbonyl (C=O) groups is 2. The Balaban J connectivity index is 1.91. The lowest BCUT2D eigenvalue weighted by Crippen LogP contribution is -2.45. The quantitative estimate of drug-likeness (QED) is 0.794. The monoisotopic (exact) mass is 255 g/mol. The van der Waals surface area contributed by atoms with Gasteiger partial charge in [0.15, 0.2) is 0 Å². The zero-order valence-corrected chi connectivity index (χ0v) is 10.6. The number of carboxylic acids is 1. The summed E-state index contributed by atoms with van der Waals surface area (Å²) in [5.74, 6) is -1.76. The van der Waals surface area contributed by atoms with Crippen molar-refractivity contribution in [1.29, 1.82) is 0 Å². The van der Waals surface area contributed by atoms with E-state index in [9.17, 15) is 9.59 Å². The largest absolute Gasteiger partial charge is 0.481 e. The van der Waals surface area contributed by atoms with Crippen LogP contribution in [0.25, 0.3) is 0 Å². The normalized spacial score (nSPS) is 29.8. The van der Waals surface area contributed by atoms with Crippen LogP contribution in [0, 0.1) is 11.8 Å². The van der Waals surface area contributed by atoms with Gasteiger partial charge in [-0.2, -0.15) is 0 Å². The molecule has 1 aliphatic carbocycles. The molecule has 1 amide bonds. The Morgan fingerprint density at radius 2 is 1.61 bits per heavy atom. The van der Waals surface area contributed by atoms with E-state index in [0.29, 0.717) is 26.1 Å². The van der Waals surface area contributed by atoms with Gasteiger partial charge in [-0.05, 0) is 25.7 Å². The van der Waals surface area contributed by atoms with E-state index in [1.807, 2.05) is 0 Å². The van der Waals surface area contributed by atoms with Crippen LogP contribution in [-0.4, -0.2) is 36.2 Å². The number of carbonyl (C=O) groups excluding carboxylic acids is 1. The Labute approximate surface area is 107 Å². The van der Waals surface area contributed by atoms with E-state index in [-0.39, 0.29) is 17.9 Å². The molecule has 2 rings (SSSR count). The predicted octanol–water partition coefficient (Wildman–Crippen LogP) is 1.17. The Kier molecular flexibility index (Phi) is 4.58. The minimum absolute atomic E-state index is 0.0750. The van der Waals surface area contributed by atoms with Crippen LogP contribution in [0.2, 0.25) is 0 Å². The number of hydrogen-bond acceptors (Lipinski definition) is 3. The van der Waals surface area contributed by atoms with Crippen LogP contribution >= 0.6 is 0 Å². The van der Waals surface area contributed by atoms with Gasteiger partial charge in [0.2, 0.25) is 5.91 Å². The van der Waals surface area contributed by atoms with Gasteiger partial charge >= 0.3 is 5.97 Å². The average molecular weight is 255 g/mol. The highest BCUT2D eigenvalue weighted by atomic mass is 16.5. The van der Waals surface area contributed by atoms with Gasteiger partial charge in [0, 0.05) is 19.3 Å². The number of aliphatic carboxylic acids is 1. The molecule has 0 bridgehead atoms. The molecule has 0 aromatic heterocycles. The van der Waals surface area contributed by atoms with Crippen molar-refractivity contribution in [2.45, 2.75) is 44.6 Å². The standard InChI is InChI=1S/C13H21NO4/c15-12(14-9-5-7-18-8-6-9)10-3-1-2-4-11(10)13(16)17/h9-11H,1-8H2,(H,14,15)(H,16,17). The van der Waals surface area contributed by atoms with Crippen molar-refractivity contribution in [2.75, 3.05) is 13.2 Å². The molecule has 0 aromatic carbocycles. The first-order chi connectivity index (χ1) is 8.68. The maximum absolute atomic E-state index is 12.2. The van der Waals surface area contributed by atoms with Gasteiger partial charge < -0.3 is 15.2 Å². The molecule has 0 aromatic rings. The fraction of sp³-hybridized carbons (Fsp3) is 0.846. The fourth-order valence-electron chi connectivity index (χ4n) is 2.89. The number of hydrogen-bond donors (Lipinski definition) is 2.